The van der Waals surface area contributed by atoms with Gasteiger partial charge in [0.1, 0.15) is 5.02 Å². The van der Waals surface area contributed by atoms with Gasteiger partial charge in [-0.05, 0) is 17.7 Å². The molecule has 0 spiro atoms. The molecule has 0 unspecified atom stereocenters. The van der Waals surface area contributed by atoms with Gasteiger partial charge in [-0.2, -0.15) is 0 Å². The average Bonchev–Trinajstić information content (AvgIpc) is 2.39. The van der Waals surface area contributed by atoms with Crippen LogP contribution in [0.1, 0.15) is 5.56 Å². The SMILES string of the molecule is O=[N+]([O-])c1cc(S(=O)(=O)Cc2ccccc2)ccc1Cl. The number of halogens is 1. The van der Waals surface area contributed by atoms with Crippen LogP contribution in [-0.4, -0.2) is 13.3 Å². The quantitative estimate of drug-likeness (QED) is 0.641. The van der Waals surface area contributed by atoms with E-state index in [-0.39, 0.29) is 15.7 Å². The number of rotatable bonds is 4. The fourth-order valence-corrected chi connectivity index (χ4v) is 3.25. The highest BCUT2D eigenvalue weighted by Crippen LogP contribution is 2.28. The maximum Gasteiger partial charge on any atom is 0.289 e. The van der Waals surface area contributed by atoms with Gasteiger partial charge in [-0.3, -0.25) is 10.1 Å². The van der Waals surface area contributed by atoms with E-state index in [2.05, 4.69) is 0 Å². The van der Waals surface area contributed by atoms with E-state index in [0.29, 0.717) is 5.56 Å². The Hall–Kier alpha value is -1.92. The van der Waals surface area contributed by atoms with Crippen molar-refractivity contribution in [1.29, 1.82) is 0 Å². The zero-order valence-electron chi connectivity index (χ0n) is 10.2. The molecule has 0 heterocycles. The third-order valence-corrected chi connectivity index (χ3v) is 4.68. The number of benzene rings is 2. The number of sulfone groups is 1. The van der Waals surface area contributed by atoms with Gasteiger partial charge >= 0.3 is 0 Å². The van der Waals surface area contributed by atoms with Crippen LogP contribution in [0.4, 0.5) is 5.69 Å². The average molecular weight is 312 g/mol. The Labute approximate surface area is 120 Å². The molecule has 104 valence electrons. The van der Waals surface area contributed by atoms with Gasteiger partial charge in [0.2, 0.25) is 0 Å². The molecule has 0 radical (unpaired) electrons. The molecule has 2 aromatic carbocycles. The van der Waals surface area contributed by atoms with Crippen molar-refractivity contribution in [1.82, 2.24) is 0 Å². The van der Waals surface area contributed by atoms with Crippen LogP contribution in [0.2, 0.25) is 5.02 Å². The Morgan fingerprint density at radius 1 is 1.10 bits per heavy atom. The molecular weight excluding hydrogens is 302 g/mol. The van der Waals surface area contributed by atoms with Crippen LogP contribution >= 0.6 is 11.6 Å². The monoisotopic (exact) mass is 311 g/mol. The summed E-state index contributed by atoms with van der Waals surface area (Å²) in [6.45, 7) is 0. The second-order valence-corrected chi connectivity index (χ2v) is 6.51. The van der Waals surface area contributed by atoms with Crippen LogP contribution in [0.25, 0.3) is 0 Å². The van der Waals surface area contributed by atoms with Crippen molar-refractivity contribution in [3.8, 4) is 0 Å². The molecular formula is C13H10ClNO4S. The van der Waals surface area contributed by atoms with Crippen molar-refractivity contribution in [3.05, 3.63) is 69.2 Å². The number of nitro groups is 1. The smallest absolute Gasteiger partial charge is 0.258 e. The molecule has 0 saturated heterocycles. The molecule has 2 aromatic rings. The molecule has 0 saturated carbocycles. The highest BCUT2D eigenvalue weighted by atomic mass is 35.5. The van der Waals surface area contributed by atoms with Gasteiger partial charge in [-0.25, -0.2) is 8.42 Å². The molecule has 0 aliphatic carbocycles. The van der Waals surface area contributed by atoms with Gasteiger partial charge in [-0.1, -0.05) is 41.9 Å². The summed E-state index contributed by atoms with van der Waals surface area (Å²) in [6, 6.07) is 12.1. The highest BCUT2D eigenvalue weighted by molar-refractivity contribution is 7.90. The standard InChI is InChI=1S/C13H10ClNO4S/c14-12-7-6-11(8-13(12)15(16)17)20(18,19)9-10-4-2-1-3-5-10/h1-8H,9H2. The zero-order chi connectivity index (χ0) is 14.8. The van der Waals surface area contributed by atoms with Crippen molar-refractivity contribution < 1.29 is 13.3 Å². The van der Waals surface area contributed by atoms with Gasteiger partial charge in [0.05, 0.1) is 15.6 Å². The molecule has 0 atom stereocenters. The summed E-state index contributed by atoms with van der Waals surface area (Å²) in [5.41, 5.74) is 0.200. The van der Waals surface area contributed by atoms with Crippen molar-refractivity contribution in [2.45, 2.75) is 10.6 Å². The number of hydrogen-bond donors (Lipinski definition) is 0. The summed E-state index contributed by atoms with van der Waals surface area (Å²) in [5, 5.41) is 10.7. The van der Waals surface area contributed by atoms with Gasteiger partial charge in [0.15, 0.2) is 9.84 Å². The molecule has 5 nitrogen and oxygen atoms in total. The summed E-state index contributed by atoms with van der Waals surface area (Å²) in [6.07, 6.45) is 0. The molecule has 0 fully saturated rings. The minimum absolute atomic E-state index is 0.0892. The van der Waals surface area contributed by atoms with Crippen LogP contribution in [0, 0.1) is 10.1 Å². The maximum atomic E-state index is 12.2. The topological polar surface area (TPSA) is 77.3 Å². The molecule has 0 aliphatic heterocycles. The normalized spacial score (nSPS) is 11.2. The van der Waals surface area contributed by atoms with Crippen molar-refractivity contribution in [2.75, 3.05) is 0 Å². The molecule has 20 heavy (non-hydrogen) atoms. The van der Waals surface area contributed by atoms with E-state index in [1.165, 1.54) is 12.1 Å². The van der Waals surface area contributed by atoms with Crippen LogP contribution < -0.4 is 0 Å². The predicted octanol–water partition coefficient (Wildman–Crippen LogP) is 3.22. The number of nitro benzene ring substituents is 1. The molecule has 7 heteroatoms. The highest BCUT2D eigenvalue weighted by Gasteiger charge is 2.21. The van der Waals surface area contributed by atoms with Gasteiger partial charge in [0.25, 0.3) is 5.69 Å². The predicted molar refractivity (Wildman–Crippen MR) is 75.4 cm³/mol. The van der Waals surface area contributed by atoms with Crippen molar-refractivity contribution in [2.24, 2.45) is 0 Å². The molecule has 0 bridgehead atoms. The minimum Gasteiger partial charge on any atom is -0.258 e. The lowest BCUT2D eigenvalue weighted by molar-refractivity contribution is -0.384. The summed E-state index contributed by atoms with van der Waals surface area (Å²) in [4.78, 5) is 9.97. The lowest BCUT2D eigenvalue weighted by atomic mass is 10.2. The Bertz CT molecular complexity index is 744. The van der Waals surface area contributed by atoms with Crippen molar-refractivity contribution >= 4 is 27.1 Å². The zero-order valence-corrected chi connectivity index (χ0v) is 11.8. The molecule has 0 aliphatic rings. The molecule has 0 amide bonds. The van der Waals surface area contributed by atoms with Crippen LogP contribution in [0.15, 0.2) is 53.4 Å². The first-order valence-corrected chi connectivity index (χ1v) is 7.64. The van der Waals surface area contributed by atoms with E-state index in [1.54, 1.807) is 30.3 Å². The van der Waals surface area contributed by atoms with E-state index in [0.717, 1.165) is 6.07 Å². The van der Waals surface area contributed by atoms with Crippen LogP contribution in [0.5, 0.6) is 0 Å². The van der Waals surface area contributed by atoms with Gasteiger partial charge < -0.3 is 0 Å². The molecule has 0 aromatic heterocycles. The fourth-order valence-electron chi connectivity index (χ4n) is 1.70. The van der Waals surface area contributed by atoms with Crippen molar-refractivity contribution in [3.63, 3.8) is 0 Å². The van der Waals surface area contributed by atoms with E-state index in [9.17, 15) is 18.5 Å². The Morgan fingerprint density at radius 2 is 1.75 bits per heavy atom. The Morgan fingerprint density at radius 3 is 2.35 bits per heavy atom. The Balaban J connectivity index is 2.40. The second kappa shape index (κ2) is 5.60. The summed E-state index contributed by atoms with van der Waals surface area (Å²) >= 11 is 5.66. The molecule has 0 N–H and O–H groups in total. The van der Waals surface area contributed by atoms with E-state index < -0.39 is 20.4 Å². The van der Waals surface area contributed by atoms with E-state index >= 15 is 0 Å². The lowest BCUT2D eigenvalue weighted by Crippen LogP contribution is -2.05. The maximum absolute atomic E-state index is 12.2. The Kier molecular flexibility index (Phi) is 4.06. The molecule has 2 rings (SSSR count). The summed E-state index contributed by atoms with van der Waals surface area (Å²) < 4.78 is 24.4. The van der Waals surface area contributed by atoms with E-state index in [1.807, 2.05) is 0 Å². The third-order valence-electron chi connectivity index (χ3n) is 2.67. The van der Waals surface area contributed by atoms with E-state index in [4.69, 9.17) is 11.6 Å². The summed E-state index contributed by atoms with van der Waals surface area (Å²) in [7, 11) is -3.65. The first-order valence-electron chi connectivity index (χ1n) is 5.61. The minimum atomic E-state index is -3.65. The summed E-state index contributed by atoms with van der Waals surface area (Å²) in [5.74, 6) is -0.216. The fraction of sp³-hybridized carbons (Fsp3) is 0.0769. The van der Waals surface area contributed by atoms with Gasteiger partial charge in [0, 0.05) is 6.07 Å². The second-order valence-electron chi connectivity index (χ2n) is 4.12. The largest absolute Gasteiger partial charge is 0.289 e. The lowest BCUT2D eigenvalue weighted by Gasteiger charge is -2.05. The van der Waals surface area contributed by atoms with Crippen LogP contribution in [-0.2, 0) is 15.6 Å². The first kappa shape index (κ1) is 14.5. The third kappa shape index (κ3) is 3.15. The van der Waals surface area contributed by atoms with Crippen LogP contribution in [0.3, 0.4) is 0 Å². The van der Waals surface area contributed by atoms with Gasteiger partial charge in [-0.15, -0.1) is 0 Å². The number of hydrogen-bond acceptors (Lipinski definition) is 4. The first-order chi connectivity index (χ1) is 9.40. The number of nitrogens with zero attached hydrogens (tertiary/aromatic N) is 1.